The molecular weight excluding hydrogens is 220 g/mol. The Hall–Kier alpha value is -1.62. The quantitative estimate of drug-likeness (QED) is 0.853. The third kappa shape index (κ3) is 2.49. The fraction of sp³-hybridized carbons (Fsp3) is 0.273. The van der Waals surface area contributed by atoms with Gasteiger partial charge in [-0.15, -0.1) is 11.3 Å². The molecule has 2 N–H and O–H groups in total. The van der Waals surface area contributed by atoms with E-state index in [9.17, 15) is 0 Å². The van der Waals surface area contributed by atoms with Crippen LogP contribution in [0.15, 0.2) is 23.8 Å². The average Bonchev–Trinajstić information content (AvgIpc) is 2.66. The lowest BCUT2D eigenvalue weighted by Crippen LogP contribution is -2.01. The summed E-state index contributed by atoms with van der Waals surface area (Å²) in [7, 11) is 0. The predicted octanol–water partition coefficient (Wildman–Crippen LogP) is 3.02. The Morgan fingerprint density at radius 2 is 2.12 bits per heavy atom. The summed E-state index contributed by atoms with van der Waals surface area (Å²) < 4.78 is 0. The third-order valence-corrected chi connectivity index (χ3v) is 3.06. The van der Waals surface area contributed by atoms with E-state index >= 15 is 0 Å². The zero-order valence-corrected chi connectivity index (χ0v) is 10.1. The van der Waals surface area contributed by atoms with Gasteiger partial charge in [-0.3, -0.25) is 0 Å². The predicted molar refractivity (Wildman–Crippen MR) is 68.5 cm³/mol. The molecule has 0 aliphatic heterocycles. The summed E-state index contributed by atoms with van der Waals surface area (Å²) in [5.74, 6) is 1.66. The maximum Gasteiger partial charge on any atom is 0.136 e. The lowest BCUT2D eigenvalue weighted by atomic mass is 10.3. The summed E-state index contributed by atoms with van der Waals surface area (Å²) in [5.41, 5.74) is 1.23. The molecule has 0 bridgehead atoms. The van der Waals surface area contributed by atoms with Crippen molar-refractivity contribution in [2.45, 2.75) is 13.8 Å². The topological polar surface area (TPSA) is 49.8 Å². The maximum atomic E-state index is 4.18. The molecule has 2 aromatic rings. The van der Waals surface area contributed by atoms with Gasteiger partial charge in [-0.25, -0.2) is 9.97 Å². The first-order valence-electron chi connectivity index (χ1n) is 5.16. The second-order valence-electron chi connectivity index (χ2n) is 3.38. The minimum absolute atomic E-state index is 0.816. The van der Waals surface area contributed by atoms with Crippen LogP contribution in [-0.2, 0) is 0 Å². The SMILES string of the molecule is CCNc1cc(Nc2sccc2C)ncn1. The number of anilines is 3. The normalized spacial score (nSPS) is 10.1. The zero-order valence-electron chi connectivity index (χ0n) is 9.32. The lowest BCUT2D eigenvalue weighted by molar-refractivity contribution is 1.11. The molecule has 0 saturated heterocycles. The molecule has 0 radical (unpaired) electrons. The van der Waals surface area contributed by atoms with E-state index in [4.69, 9.17) is 0 Å². The van der Waals surface area contributed by atoms with E-state index in [1.807, 2.05) is 13.0 Å². The molecule has 0 aliphatic carbocycles. The van der Waals surface area contributed by atoms with Gasteiger partial charge in [0.05, 0.1) is 5.00 Å². The number of thiophene rings is 1. The molecule has 0 fully saturated rings. The van der Waals surface area contributed by atoms with Crippen LogP contribution in [0.25, 0.3) is 0 Å². The number of hydrogen-bond donors (Lipinski definition) is 2. The number of aryl methyl sites for hydroxylation is 1. The highest BCUT2D eigenvalue weighted by Crippen LogP contribution is 2.25. The van der Waals surface area contributed by atoms with Gasteiger partial charge in [0.15, 0.2) is 0 Å². The van der Waals surface area contributed by atoms with Crippen molar-refractivity contribution in [2.24, 2.45) is 0 Å². The van der Waals surface area contributed by atoms with Crippen LogP contribution >= 0.6 is 11.3 Å². The van der Waals surface area contributed by atoms with Crippen molar-refractivity contribution in [3.8, 4) is 0 Å². The van der Waals surface area contributed by atoms with Gasteiger partial charge in [0.25, 0.3) is 0 Å². The van der Waals surface area contributed by atoms with Crippen LogP contribution in [0.4, 0.5) is 16.6 Å². The Morgan fingerprint density at radius 1 is 1.31 bits per heavy atom. The van der Waals surface area contributed by atoms with Gasteiger partial charge in [-0.2, -0.15) is 0 Å². The van der Waals surface area contributed by atoms with Crippen LogP contribution in [0, 0.1) is 6.92 Å². The second-order valence-corrected chi connectivity index (χ2v) is 4.29. The molecule has 2 heterocycles. The van der Waals surface area contributed by atoms with Gasteiger partial charge in [-0.05, 0) is 30.9 Å². The number of nitrogens with zero attached hydrogens (tertiary/aromatic N) is 2. The van der Waals surface area contributed by atoms with Crippen molar-refractivity contribution in [1.29, 1.82) is 0 Å². The first-order chi connectivity index (χ1) is 7.79. The van der Waals surface area contributed by atoms with Crippen molar-refractivity contribution >= 4 is 28.0 Å². The molecule has 0 saturated carbocycles. The Kier molecular flexibility index (Phi) is 3.36. The maximum absolute atomic E-state index is 4.18. The van der Waals surface area contributed by atoms with E-state index in [-0.39, 0.29) is 0 Å². The van der Waals surface area contributed by atoms with Crippen LogP contribution < -0.4 is 10.6 Å². The summed E-state index contributed by atoms with van der Waals surface area (Å²) in [6.07, 6.45) is 1.56. The average molecular weight is 234 g/mol. The molecule has 84 valence electrons. The molecule has 16 heavy (non-hydrogen) atoms. The minimum Gasteiger partial charge on any atom is -0.370 e. The van der Waals surface area contributed by atoms with Crippen LogP contribution in [0.1, 0.15) is 12.5 Å². The zero-order chi connectivity index (χ0) is 11.4. The van der Waals surface area contributed by atoms with Gasteiger partial charge < -0.3 is 10.6 Å². The fourth-order valence-electron chi connectivity index (χ4n) is 1.32. The molecule has 0 aliphatic rings. The smallest absolute Gasteiger partial charge is 0.136 e. The van der Waals surface area contributed by atoms with Gasteiger partial charge in [0.2, 0.25) is 0 Å². The highest BCUT2D eigenvalue weighted by Gasteiger charge is 2.02. The molecule has 2 rings (SSSR count). The molecule has 4 nitrogen and oxygen atoms in total. The van der Waals surface area contributed by atoms with Crippen molar-refractivity contribution in [3.05, 3.63) is 29.4 Å². The van der Waals surface area contributed by atoms with Gasteiger partial charge >= 0.3 is 0 Å². The standard InChI is InChI=1S/C11H14N4S/c1-3-12-9-6-10(14-7-13-9)15-11-8(2)4-5-16-11/h4-7H,3H2,1-2H3,(H2,12,13,14,15). The van der Waals surface area contributed by atoms with Crippen molar-refractivity contribution < 1.29 is 0 Å². The van der Waals surface area contributed by atoms with Gasteiger partial charge in [0, 0.05) is 12.6 Å². The van der Waals surface area contributed by atoms with E-state index in [0.717, 1.165) is 23.2 Å². The molecule has 0 unspecified atom stereocenters. The Morgan fingerprint density at radius 3 is 2.81 bits per heavy atom. The van der Waals surface area contributed by atoms with Crippen LogP contribution in [0.3, 0.4) is 0 Å². The molecule has 0 aromatic carbocycles. The van der Waals surface area contributed by atoms with Crippen molar-refractivity contribution in [2.75, 3.05) is 17.2 Å². The molecule has 5 heteroatoms. The number of hydrogen-bond acceptors (Lipinski definition) is 5. The van der Waals surface area contributed by atoms with Crippen molar-refractivity contribution in [3.63, 3.8) is 0 Å². The molecule has 0 spiro atoms. The molecule has 2 aromatic heterocycles. The highest BCUT2D eigenvalue weighted by molar-refractivity contribution is 7.14. The van der Waals surface area contributed by atoms with E-state index in [0.29, 0.717) is 0 Å². The number of aromatic nitrogens is 2. The third-order valence-electron chi connectivity index (χ3n) is 2.13. The van der Waals surface area contributed by atoms with Crippen LogP contribution in [0.2, 0.25) is 0 Å². The summed E-state index contributed by atoms with van der Waals surface area (Å²) in [4.78, 5) is 8.30. The summed E-state index contributed by atoms with van der Waals surface area (Å²) in [5, 5.41) is 9.62. The van der Waals surface area contributed by atoms with E-state index < -0.39 is 0 Å². The fourth-order valence-corrected chi connectivity index (χ4v) is 2.15. The molecule has 0 amide bonds. The summed E-state index contributed by atoms with van der Waals surface area (Å²) in [6, 6.07) is 3.99. The van der Waals surface area contributed by atoms with Crippen molar-refractivity contribution in [1.82, 2.24) is 9.97 Å². The van der Waals surface area contributed by atoms with Crippen LogP contribution in [-0.4, -0.2) is 16.5 Å². The van der Waals surface area contributed by atoms with Gasteiger partial charge in [0.1, 0.15) is 18.0 Å². The largest absolute Gasteiger partial charge is 0.370 e. The lowest BCUT2D eigenvalue weighted by Gasteiger charge is -2.06. The molecular formula is C11H14N4S. The molecule has 0 atom stereocenters. The second kappa shape index (κ2) is 4.94. The summed E-state index contributed by atoms with van der Waals surface area (Å²) >= 11 is 1.67. The van der Waals surface area contributed by atoms with Gasteiger partial charge in [-0.1, -0.05) is 0 Å². The number of rotatable bonds is 4. The van der Waals surface area contributed by atoms with E-state index in [2.05, 4.69) is 39.0 Å². The number of nitrogens with one attached hydrogen (secondary N) is 2. The first-order valence-corrected chi connectivity index (χ1v) is 6.04. The Labute approximate surface area is 98.8 Å². The Balaban J connectivity index is 2.15. The first kappa shape index (κ1) is 10.9. The summed E-state index contributed by atoms with van der Waals surface area (Å²) in [6.45, 7) is 4.97. The van der Waals surface area contributed by atoms with Crippen LogP contribution in [0.5, 0.6) is 0 Å². The monoisotopic (exact) mass is 234 g/mol. The highest BCUT2D eigenvalue weighted by atomic mass is 32.1. The van der Waals surface area contributed by atoms with E-state index in [1.165, 1.54) is 5.56 Å². The van der Waals surface area contributed by atoms with E-state index in [1.54, 1.807) is 17.7 Å². The minimum atomic E-state index is 0.816. The Bertz CT molecular complexity index is 467.